The summed E-state index contributed by atoms with van der Waals surface area (Å²) in [7, 11) is 3.62. The normalized spacial score (nSPS) is 13.4. The van der Waals surface area contributed by atoms with Crippen LogP contribution in [-0.4, -0.2) is 38.5 Å². The van der Waals surface area contributed by atoms with Gasteiger partial charge in [-0.3, -0.25) is 0 Å². The first-order valence-electron chi connectivity index (χ1n) is 8.08. The van der Waals surface area contributed by atoms with E-state index in [1.54, 1.807) is 7.11 Å². The van der Waals surface area contributed by atoms with Crippen LogP contribution in [0.4, 0.5) is 5.69 Å². The van der Waals surface area contributed by atoms with Crippen molar-refractivity contribution < 1.29 is 9.84 Å². The van der Waals surface area contributed by atoms with E-state index in [9.17, 15) is 5.11 Å². The summed E-state index contributed by atoms with van der Waals surface area (Å²) in [6.07, 6.45) is -0.556. The second-order valence-corrected chi connectivity index (χ2v) is 6.12. The summed E-state index contributed by atoms with van der Waals surface area (Å²) < 4.78 is 5.23. The van der Waals surface area contributed by atoms with E-state index in [2.05, 4.69) is 10.2 Å². The van der Waals surface area contributed by atoms with Gasteiger partial charge in [-0.1, -0.05) is 30.7 Å². The fourth-order valence-corrected chi connectivity index (χ4v) is 2.87. The maximum Gasteiger partial charge on any atom is 0.118 e. The van der Waals surface area contributed by atoms with Crippen molar-refractivity contribution in [3.05, 3.63) is 59.1 Å². The third-order valence-electron chi connectivity index (χ3n) is 4.08. The molecule has 0 radical (unpaired) electrons. The Labute approximate surface area is 149 Å². The number of hydrogen-bond acceptors (Lipinski definition) is 4. The minimum absolute atomic E-state index is 0.184. The van der Waals surface area contributed by atoms with E-state index in [0.717, 1.165) is 23.5 Å². The van der Waals surface area contributed by atoms with Crippen LogP contribution in [0.2, 0.25) is 5.02 Å². The zero-order valence-electron chi connectivity index (χ0n) is 14.4. The quantitative estimate of drug-likeness (QED) is 0.766. The molecule has 0 spiro atoms. The van der Waals surface area contributed by atoms with Gasteiger partial charge < -0.3 is 20.1 Å². The van der Waals surface area contributed by atoms with Gasteiger partial charge in [-0.2, -0.15) is 0 Å². The molecule has 2 aromatic carbocycles. The molecular formula is C19H25ClN2O2. The van der Waals surface area contributed by atoms with E-state index < -0.39 is 6.10 Å². The highest BCUT2D eigenvalue weighted by Crippen LogP contribution is 2.30. The van der Waals surface area contributed by atoms with Crippen molar-refractivity contribution in [2.24, 2.45) is 0 Å². The number of aliphatic hydroxyl groups excluding tert-OH is 1. The fraction of sp³-hybridized carbons (Fsp3) is 0.368. The first-order valence-corrected chi connectivity index (χ1v) is 8.45. The molecule has 24 heavy (non-hydrogen) atoms. The summed E-state index contributed by atoms with van der Waals surface area (Å²) in [6, 6.07) is 15.3. The first kappa shape index (κ1) is 18.6. The maximum atomic E-state index is 10.7. The van der Waals surface area contributed by atoms with Crippen LogP contribution in [0.25, 0.3) is 0 Å². The number of benzene rings is 2. The van der Waals surface area contributed by atoms with Crippen LogP contribution in [-0.2, 0) is 0 Å². The number of hydrogen-bond donors (Lipinski definition) is 2. The standard InChI is InChI=1S/C19H25ClN2O2/c1-4-21-13-18(23)19(14-5-11-17(24-3)12-6-14)22(2)16-9-7-15(20)8-10-16/h5-12,18-19,21,23H,4,13H2,1-3H3/t18-,19+/m1/s1. The maximum absolute atomic E-state index is 10.7. The van der Waals surface area contributed by atoms with Gasteiger partial charge in [0.2, 0.25) is 0 Å². The van der Waals surface area contributed by atoms with Gasteiger partial charge in [0.15, 0.2) is 0 Å². The van der Waals surface area contributed by atoms with Gasteiger partial charge in [-0.05, 0) is 48.5 Å². The molecule has 0 aliphatic heterocycles. The van der Waals surface area contributed by atoms with Gasteiger partial charge in [0.05, 0.1) is 19.3 Å². The molecule has 0 fully saturated rings. The topological polar surface area (TPSA) is 44.7 Å². The molecule has 5 heteroatoms. The molecule has 0 amide bonds. The smallest absolute Gasteiger partial charge is 0.118 e. The largest absolute Gasteiger partial charge is 0.497 e. The van der Waals surface area contributed by atoms with E-state index in [-0.39, 0.29) is 6.04 Å². The number of aliphatic hydroxyl groups is 1. The zero-order chi connectivity index (χ0) is 17.5. The highest BCUT2D eigenvalue weighted by Gasteiger charge is 2.25. The van der Waals surface area contributed by atoms with E-state index in [4.69, 9.17) is 16.3 Å². The number of ether oxygens (including phenoxy) is 1. The average molecular weight is 349 g/mol. The number of anilines is 1. The molecule has 0 aliphatic carbocycles. The molecule has 4 nitrogen and oxygen atoms in total. The average Bonchev–Trinajstić information content (AvgIpc) is 2.61. The summed E-state index contributed by atoms with van der Waals surface area (Å²) in [4.78, 5) is 2.07. The molecule has 130 valence electrons. The van der Waals surface area contributed by atoms with Crippen LogP contribution in [0.3, 0.4) is 0 Å². The predicted molar refractivity (Wildman–Crippen MR) is 100 cm³/mol. The lowest BCUT2D eigenvalue weighted by Crippen LogP contribution is -2.40. The minimum atomic E-state index is -0.556. The van der Waals surface area contributed by atoms with Crippen LogP contribution in [0.5, 0.6) is 5.75 Å². The van der Waals surface area contributed by atoms with E-state index >= 15 is 0 Å². The fourth-order valence-electron chi connectivity index (χ4n) is 2.75. The summed E-state index contributed by atoms with van der Waals surface area (Å²) in [6.45, 7) is 3.36. The second-order valence-electron chi connectivity index (χ2n) is 5.68. The lowest BCUT2D eigenvalue weighted by atomic mass is 9.99. The summed E-state index contributed by atoms with van der Waals surface area (Å²) in [5.74, 6) is 0.799. The molecule has 2 aromatic rings. The van der Waals surface area contributed by atoms with Crippen LogP contribution in [0.1, 0.15) is 18.5 Å². The van der Waals surface area contributed by atoms with Crippen molar-refractivity contribution in [1.29, 1.82) is 0 Å². The summed E-state index contributed by atoms with van der Waals surface area (Å²) >= 11 is 5.99. The molecule has 0 heterocycles. The molecular weight excluding hydrogens is 324 g/mol. The highest BCUT2D eigenvalue weighted by atomic mass is 35.5. The van der Waals surface area contributed by atoms with E-state index in [1.165, 1.54) is 0 Å². The van der Waals surface area contributed by atoms with Gasteiger partial charge in [0, 0.05) is 24.3 Å². The Hall–Kier alpha value is -1.75. The minimum Gasteiger partial charge on any atom is -0.497 e. The van der Waals surface area contributed by atoms with Gasteiger partial charge >= 0.3 is 0 Å². The van der Waals surface area contributed by atoms with Crippen LogP contribution < -0.4 is 15.0 Å². The van der Waals surface area contributed by atoms with Gasteiger partial charge in [-0.25, -0.2) is 0 Å². The molecule has 2 rings (SSSR count). The van der Waals surface area contributed by atoms with Crippen LogP contribution in [0.15, 0.2) is 48.5 Å². The Morgan fingerprint density at radius 3 is 2.29 bits per heavy atom. The Morgan fingerprint density at radius 2 is 1.75 bits per heavy atom. The molecule has 2 N–H and O–H groups in total. The number of halogens is 1. The first-order chi connectivity index (χ1) is 11.6. The van der Waals surface area contributed by atoms with Crippen molar-refractivity contribution in [2.75, 3.05) is 32.1 Å². The van der Waals surface area contributed by atoms with Crippen molar-refractivity contribution in [3.63, 3.8) is 0 Å². The monoisotopic (exact) mass is 348 g/mol. The SMILES string of the molecule is CCNC[C@@H](O)[C@H](c1ccc(OC)cc1)N(C)c1ccc(Cl)cc1. The molecule has 0 aliphatic rings. The van der Waals surface area contributed by atoms with Gasteiger partial charge in [0.25, 0.3) is 0 Å². The molecule has 2 atom stereocenters. The van der Waals surface area contributed by atoms with Crippen LogP contribution in [0, 0.1) is 0 Å². The summed E-state index contributed by atoms with van der Waals surface area (Å²) in [5, 5.41) is 14.7. The molecule has 0 bridgehead atoms. The highest BCUT2D eigenvalue weighted by molar-refractivity contribution is 6.30. The number of rotatable bonds is 8. The number of methoxy groups -OCH3 is 1. The van der Waals surface area contributed by atoms with Crippen molar-refractivity contribution >= 4 is 17.3 Å². The van der Waals surface area contributed by atoms with Crippen molar-refractivity contribution in [3.8, 4) is 5.75 Å². The third kappa shape index (κ3) is 4.63. The van der Waals surface area contributed by atoms with E-state index in [1.807, 2.05) is 62.5 Å². The molecule has 0 saturated heterocycles. The van der Waals surface area contributed by atoms with Crippen molar-refractivity contribution in [1.82, 2.24) is 5.32 Å². The Kier molecular flexibility index (Phi) is 6.91. The lowest BCUT2D eigenvalue weighted by molar-refractivity contribution is 0.141. The Balaban J connectivity index is 2.31. The molecule has 0 unspecified atom stereocenters. The molecule has 0 aromatic heterocycles. The second kappa shape index (κ2) is 8.92. The predicted octanol–water partition coefficient (Wildman–Crippen LogP) is 3.50. The van der Waals surface area contributed by atoms with Crippen LogP contribution >= 0.6 is 11.6 Å². The number of nitrogens with one attached hydrogen (secondary N) is 1. The zero-order valence-corrected chi connectivity index (χ0v) is 15.1. The Morgan fingerprint density at radius 1 is 1.12 bits per heavy atom. The Bertz CT molecular complexity index is 616. The lowest BCUT2D eigenvalue weighted by Gasteiger charge is -2.34. The van der Waals surface area contributed by atoms with Gasteiger partial charge in [0.1, 0.15) is 5.75 Å². The van der Waals surface area contributed by atoms with Gasteiger partial charge in [-0.15, -0.1) is 0 Å². The number of nitrogens with zero attached hydrogens (tertiary/aromatic N) is 1. The number of likely N-dealkylation sites (N-methyl/N-ethyl adjacent to an activating group) is 2. The third-order valence-corrected chi connectivity index (χ3v) is 4.33. The summed E-state index contributed by atoms with van der Waals surface area (Å²) in [5.41, 5.74) is 2.02. The van der Waals surface area contributed by atoms with E-state index in [0.29, 0.717) is 11.6 Å². The van der Waals surface area contributed by atoms with Crippen molar-refractivity contribution in [2.45, 2.75) is 19.1 Å². The molecule has 0 saturated carbocycles.